The normalized spacial score (nSPS) is 13.8. The number of aliphatic carboxylic acids is 1. The van der Waals surface area contributed by atoms with Crippen LogP contribution >= 0.6 is 0 Å². The van der Waals surface area contributed by atoms with Crippen LogP contribution in [0.25, 0.3) is 11.1 Å². The van der Waals surface area contributed by atoms with Crippen molar-refractivity contribution in [2.45, 2.75) is 37.3 Å². The molecule has 8 heteroatoms. The van der Waals surface area contributed by atoms with Crippen LogP contribution in [0.1, 0.15) is 36.3 Å². The van der Waals surface area contributed by atoms with Gasteiger partial charge in [0.1, 0.15) is 18.7 Å². The molecule has 1 aliphatic rings. The number of carbonyl (C=O) groups excluding carboxylic acids is 2. The highest BCUT2D eigenvalue weighted by Gasteiger charge is 2.30. The van der Waals surface area contributed by atoms with Crippen molar-refractivity contribution < 1.29 is 29.3 Å². The molecule has 0 aliphatic heterocycles. The lowest BCUT2D eigenvalue weighted by molar-refractivity contribution is -0.142. The van der Waals surface area contributed by atoms with Gasteiger partial charge in [0.25, 0.3) is 0 Å². The molecule has 0 spiro atoms. The van der Waals surface area contributed by atoms with Crippen LogP contribution in [0, 0.1) is 0 Å². The van der Waals surface area contributed by atoms with Crippen LogP contribution in [-0.2, 0) is 14.3 Å². The van der Waals surface area contributed by atoms with Gasteiger partial charge in [-0.15, -0.1) is 6.58 Å². The van der Waals surface area contributed by atoms with E-state index in [4.69, 9.17) is 9.84 Å². The molecular formula is C25H28N2O6. The Hall–Kier alpha value is -3.65. The first-order valence-corrected chi connectivity index (χ1v) is 10.8. The fourth-order valence-corrected chi connectivity index (χ4v) is 3.99. The molecule has 0 aromatic heterocycles. The number of carboxylic acids is 1. The molecule has 174 valence electrons. The lowest BCUT2D eigenvalue weighted by Crippen LogP contribution is -2.52. The SMILES string of the molecule is C=CCCC(NC(=O)OCC1c2ccccc2-c2ccccc21)C(=O)NC(CCO)C(=O)O. The molecule has 2 aromatic rings. The monoisotopic (exact) mass is 452 g/mol. The molecule has 0 saturated carbocycles. The maximum atomic E-state index is 12.6. The van der Waals surface area contributed by atoms with Gasteiger partial charge in [-0.2, -0.15) is 0 Å². The molecule has 4 N–H and O–H groups in total. The van der Waals surface area contributed by atoms with Gasteiger partial charge in [0.05, 0.1) is 0 Å². The van der Waals surface area contributed by atoms with Crippen molar-refractivity contribution in [2.24, 2.45) is 0 Å². The number of nitrogens with one attached hydrogen (secondary N) is 2. The molecule has 2 unspecified atom stereocenters. The summed E-state index contributed by atoms with van der Waals surface area (Å²) in [5.74, 6) is -2.04. The molecule has 2 amide bonds. The fraction of sp³-hybridized carbons (Fsp3) is 0.320. The van der Waals surface area contributed by atoms with Crippen LogP contribution in [0.2, 0.25) is 0 Å². The van der Waals surface area contributed by atoms with E-state index in [1.54, 1.807) is 6.08 Å². The number of aliphatic hydroxyl groups is 1. The Bertz CT molecular complexity index is 976. The molecule has 1 aliphatic carbocycles. The average molecular weight is 453 g/mol. The maximum absolute atomic E-state index is 12.6. The Morgan fingerprint density at radius 2 is 1.58 bits per heavy atom. The van der Waals surface area contributed by atoms with Crippen molar-refractivity contribution in [3.63, 3.8) is 0 Å². The Kier molecular flexibility index (Phi) is 8.21. The molecule has 0 radical (unpaired) electrons. The highest BCUT2D eigenvalue weighted by atomic mass is 16.5. The third kappa shape index (κ3) is 5.78. The molecule has 0 bridgehead atoms. The Labute approximate surface area is 192 Å². The smallest absolute Gasteiger partial charge is 0.407 e. The minimum absolute atomic E-state index is 0.0952. The Balaban J connectivity index is 1.65. The van der Waals surface area contributed by atoms with Gasteiger partial charge in [-0.1, -0.05) is 54.6 Å². The predicted octanol–water partition coefficient (Wildman–Crippen LogP) is 2.81. The van der Waals surface area contributed by atoms with Gasteiger partial charge < -0.3 is 25.6 Å². The van der Waals surface area contributed by atoms with Crippen molar-refractivity contribution in [1.29, 1.82) is 0 Å². The maximum Gasteiger partial charge on any atom is 0.407 e. The number of fused-ring (bicyclic) bond motifs is 3. The zero-order chi connectivity index (χ0) is 23.8. The van der Waals surface area contributed by atoms with E-state index in [0.717, 1.165) is 22.3 Å². The molecule has 0 fully saturated rings. The highest BCUT2D eigenvalue weighted by molar-refractivity contribution is 5.89. The summed E-state index contributed by atoms with van der Waals surface area (Å²) in [6, 6.07) is 13.7. The molecule has 0 heterocycles. The van der Waals surface area contributed by atoms with E-state index in [9.17, 15) is 19.5 Å². The zero-order valence-electron chi connectivity index (χ0n) is 18.2. The summed E-state index contributed by atoms with van der Waals surface area (Å²) in [4.78, 5) is 36.4. The van der Waals surface area contributed by atoms with Crippen molar-refractivity contribution in [3.8, 4) is 11.1 Å². The number of hydrogen-bond donors (Lipinski definition) is 4. The third-order valence-corrected chi connectivity index (χ3v) is 5.64. The molecular weight excluding hydrogens is 424 g/mol. The van der Waals surface area contributed by atoms with Gasteiger partial charge in [-0.25, -0.2) is 9.59 Å². The van der Waals surface area contributed by atoms with Crippen LogP contribution in [0.3, 0.4) is 0 Å². The van der Waals surface area contributed by atoms with Gasteiger partial charge >= 0.3 is 12.1 Å². The second-order valence-electron chi connectivity index (χ2n) is 7.80. The first-order chi connectivity index (χ1) is 16.0. The van der Waals surface area contributed by atoms with E-state index < -0.39 is 36.7 Å². The number of allylic oxidation sites excluding steroid dienone is 1. The summed E-state index contributed by atoms with van der Waals surface area (Å²) in [6.45, 7) is 3.32. The van der Waals surface area contributed by atoms with Gasteiger partial charge in [0, 0.05) is 18.9 Å². The summed E-state index contributed by atoms with van der Waals surface area (Å²) >= 11 is 0. The summed E-state index contributed by atoms with van der Waals surface area (Å²) < 4.78 is 5.49. The van der Waals surface area contributed by atoms with Crippen LogP contribution in [0.15, 0.2) is 61.2 Å². The second kappa shape index (κ2) is 11.3. The summed E-state index contributed by atoms with van der Waals surface area (Å²) in [7, 11) is 0. The highest BCUT2D eigenvalue weighted by Crippen LogP contribution is 2.44. The number of aliphatic hydroxyl groups excluding tert-OH is 1. The van der Waals surface area contributed by atoms with Gasteiger partial charge in [0.2, 0.25) is 5.91 Å². The summed E-state index contributed by atoms with van der Waals surface area (Å²) in [5, 5.41) is 23.1. The number of ether oxygens (including phenoxy) is 1. The van der Waals surface area contributed by atoms with Gasteiger partial charge in [0.15, 0.2) is 0 Å². The van der Waals surface area contributed by atoms with Crippen molar-refractivity contribution in [3.05, 3.63) is 72.3 Å². The first-order valence-electron chi connectivity index (χ1n) is 10.8. The minimum atomic E-state index is -1.26. The fourth-order valence-electron chi connectivity index (χ4n) is 3.99. The number of carboxylic acid groups (broad SMARTS) is 1. The van der Waals surface area contributed by atoms with E-state index in [2.05, 4.69) is 17.2 Å². The van der Waals surface area contributed by atoms with Crippen LogP contribution < -0.4 is 10.6 Å². The van der Waals surface area contributed by atoms with Crippen LogP contribution in [-0.4, -0.2) is 53.5 Å². The summed E-state index contributed by atoms with van der Waals surface area (Å²) in [6.07, 6.45) is 1.35. The molecule has 8 nitrogen and oxygen atoms in total. The number of amides is 2. The number of benzene rings is 2. The van der Waals surface area contributed by atoms with Crippen molar-refractivity contribution >= 4 is 18.0 Å². The van der Waals surface area contributed by atoms with E-state index in [0.29, 0.717) is 6.42 Å². The van der Waals surface area contributed by atoms with E-state index in [-0.39, 0.29) is 25.4 Å². The molecule has 0 saturated heterocycles. The zero-order valence-corrected chi connectivity index (χ0v) is 18.2. The number of hydrogen-bond acceptors (Lipinski definition) is 5. The van der Waals surface area contributed by atoms with Crippen LogP contribution in [0.5, 0.6) is 0 Å². The lowest BCUT2D eigenvalue weighted by Gasteiger charge is -2.21. The second-order valence-corrected chi connectivity index (χ2v) is 7.80. The quantitative estimate of drug-likeness (QED) is 0.389. The first kappa shape index (κ1) is 24.0. The molecule has 33 heavy (non-hydrogen) atoms. The predicted molar refractivity (Wildman–Crippen MR) is 123 cm³/mol. The van der Waals surface area contributed by atoms with Crippen molar-refractivity contribution in [2.75, 3.05) is 13.2 Å². The number of alkyl carbamates (subject to hydrolysis) is 1. The van der Waals surface area contributed by atoms with Crippen LogP contribution in [0.4, 0.5) is 4.79 Å². The number of carbonyl (C=O) groups is 3. The van der Waals surface area contributed by atoms with E-state index >= 15 is 0 Å². The third-order valence-electron chi connectivity index (χ3n) is 5.64. The molecule has 2 atom stereocenters. The molecule has 2 aromatic carbocycles. The standard InChI is InChI=1S/C25H28N2O6/c1-2-3-12-21(23(29)26-22(13-14-28)24(30)31)27-25(32)33-15-20-18-10-6-4-8-16(18)17-9-5-7-11-19(17)20/h2,4-11,20-22,28H,1,3,12-15H2,(H,26,29)(H,27,32)(H,30,31). The number of rotatable bonds is 11. The minimum Gasteiger partial charge on any atom is -0.480 e. The lowest BCUT2D eigenvalue weighted by atomic mass is 9.98. The average Bonchev–Trinajstić information content (AvgIpc) is 3.13. The van der Waals surface area contributed by atoms with Crippen molar-refractivity contribution in [1.82, 2.24) is 10.6 Å². The van der Waals surface area contributed by atoms with Gasteiger partial charge in [-0.3, -0.25) is 4.79 Å². The van der Waals surface area contributed by atoms with E-state index in [1.807, 2.05) is 48.5 Å². The van der Waals surface area contributed by atoms with Gasteiger partial charge in [-0.05, 0) is 35.1 Å². The Morgan fingerprint density at radius 1 is 0.970 bits per heavy atom. The topological polar surface area (TPSA) is 125 Å². The Morgan fingerprint density at radius 3 is 2.12 bits per heavy atom. The van der Waals surface area contributed by atoms with E-state index in [1.165, 1.54) is 0 Å². The summed E-state index contributed by atoms with van der Waals surface area (Å²) in [5.41, 5.74) is 4.35. The molecule has 3 rings (SSSR count). The largest absolute Gasteiger partial charge is 0.480 e.